The van der Waals surface area contributed by atoms with Crippen molar-refractivity contribution in [1.29, 1.82) is 0 Å². The highest BCUT2D eigenvalue weighted by molar-refractivity contribution is 7.18. The molecule has 3 rings (SSSR count). The molecule has 1 aliphatic rings. The fourth-order valence-electron chi connectivity index (χ4n) is 1.54. The van der Waals surface area contributed by atoms with E-state index in [0.29, 0.717) is 0 Å². The lowest BCUT2D eigenvalue weighted by atomic mass is 10.3. The number of aromatic nitrogens is 1. The minimum atomic E-state index is 0.737. The van der Waals surface area contributed by atoms with Crippen LogP contribution in [0.5, 0.6) is 0 Å². The van der Waals surface area contributed by atoms with Gasteiger partial charge in [0.15, 0.2) is 0 Å². The molecule has 0 saturated heterocycles. The molecule has 4 heteroatoms. The standard InChI is InChI=1S/C11H11ClN2S/c12-7-1-4-9-10(5-7)15-11(14-9)6-13-8-2-3-8/h1,4-5,8,13H,2-3,6H2. The number of halogens is 1. The maximum atomic E-state index is 5.93. The van der Waals surface area contributed by atoms with Gasteiger partial charge in [-0.25, -0.2) is 4.98 Å². The largest absolute Gasteiger partial charge is 0.308 e. The van der Waals surface area contributed by atoms with E-state index in [1.807, 2.05) is 18.2 Å². The number of hydrogen-bond acceptors (Lipinski definition) is 3. The molecule has 1 heterocycles. The molecule has 78 valence electrons. The molecule has 0 atom stereocenters. The average Bonchev–Trinajstić information content (AvgIpc) is 2.95. The van der Waals surface area contributed by atoms with Crippen molar-refractivity contribution in [1.82, 2.24) is 10.3 Å². The Morgan fingerprint density at radius 1 is 1.47 bits per heavy atom. The third-order valence-corrected chi connectivity index (χ3v) is 3.77. The van der Waals surface area contributed by atoms with Gasteiger partial charge in [-0.2, -0.15) is 0 Å². The molecule has 0 unspecified atom stereocenters. The van der Waals surface area contributed by atoms with E-state index in [1.165, 1.54) is 17.5 Å². The van der Waals surface area contributed by atoms with Gasteiger partial charge in [0, 0.05) is 17.6 Å². The van der Waals surface area contributed by atoms with Crippen LogP contribution in [0.1, 0.15) is 17.8 Å². The van der Waals surface area contributed by atoms with E-state index in [9.17, 15) is 0 Å². The zero-order valence-corrected chi connectivity index (χ0v) is 9.74. The third-order valence-electron chi connectivity index (χ3n) is 2.51. The first-order valence-electron chi connectivity index (χ1n) is 5.09. The maximum Gasteiger partial charge on any atom is 0.108 e. The van der Waals surface area contributed by atoms with E-state index < -0.39 is 0 Å². The molecule has 1 saturated carbocycles. The number of hydrogen-bond donors (Lipinski definition) is 1. The lowest BCUT2D eigenvalue weighted by molar-refractivity contribution is 0.685. The summed E-state index contributed by atoms with van der Waals surface area (Å²) in [6, 6.07) is 6.59. The van der Waals surface area contributed by atoms with E-state index >= 15 is 0 Å². The molecular formula is C11H11ClN2S. The predicted molar refractivity (Wildman–Crippen MR) is 64.5 cm³/mol. The first kappa shape index (κ1) is 9.58. The minimum Gasteiger partial charge on any atom is -0.308 e. The Bertz CT molecular complexity index is 490. The Hall–Kier alpha value is -0.640. The van der Waals surface area contributed by atoms with Crippen molar-refractivity contribution in [2.45, 2.75) is 25.4 Å². The molecule has 0 radical (unpaired) electrons. The normalized spacial score (nSPS) is 16.1. The molecule has 0 aliphatic heterocycles. The van der Waals surface area contributed by atoms with Crippen LogP contribution in [0.3, 0.4) is 0 Å². The van der Waals surface area contributed by atoms with Crippen LogP contribution in [0.2, 0.25) is 5.02 Å². The highest BCUT2D eigenvalue weighted by Gasteiger charge is 2.20. The van der Waals surface area contributed by atoms with Crippen LogP contribution in [0.4, 0.5) is 0 Å². The fraction of sp³-hybridized carbons (Fsp3) is 0.364. The summed E-state index contributed by atoms with van der Waals surface area (Å²) in [6.07, 6.45) is 2.63. The van der Waals surface area contributed by atoms with E-state index in [2.05, 4.69) is 10.3 Å². The quantitative estimate of drug-likeness (QED) is 0.888. The van der Waals surface area contributed by atoms with Crippen LogP contribution >= 0.6 is 22.9 Å². The number of nitrogens with one attached hydrogen (secondary N) is 1. The molecule has 1 N–H and O–H groups in total. The molecule has 2 nitrogen and oxygen atoms in total. The van der Waals surface area contributed by atoms with Gasteiger partial charge in [-0.3, -0.25) is 0 Å². The van der Waals surface area contributed by atoms with Crippen molar-refractivity contribution < 1.29 is 0 Å². The lowest BCUT2D eigenvalue weighted by Crippen LogP contribution is -2.14. The molecule has 1 aromatic carbocycles. The summed E-state index contributed by atoms with van der Waals surface area (Å²) in [5.41, 5.74) is 1.05. The number of rotatable bonds is 3. The molecule has 2 aromatic rings. The molecule has 0 spiro atoms. The monoisotopic (exact) mass is 238 g/mol. The molecule has 0 bridgehead atoms. The zero-order chi connectivity index (χ0) is 10.3. The predicted octanol–water partition coefficient (Wildman–Crippen LogP) is 3.20. The highest BCUT2D eigenvalue weighted by Crippen LogP contribution is 2.26. The fourth-order valence-corrected chi connectivity index (χ4v) is 2.74. The molecule has 0 amide bonds. The van der Waals surface area contributed by atoms with Crippen LogP contribution in [0.25, 0.3) is 10.2 Å². The summed E-state index contributed by atoms with van der Waals surface area (Å²) in [5.74, 6) is 0. The summed E-state index contributed by atoms with van der Waals surface area (Å²) < 4.78 is 1.18. The second kappa shape index (κ2) is 3.74. The maximum absolute atomic E-state index is 5.93. The Morgan fingerprint density at radius 2 is 2.33 bits per heavy atom. The summed E-state index contributed by atoms with van der Waals surface area (Å²) in [7, 11) is 0. The summed E-state index contributed by atoms with van der Waals surface area (Å²) in [4.78, 5) is 4.55. The molecule has 15 heavy (non-hydrogen) atoms. The van der Waals surface area contributed by atoms with Crippen molar-refractivity contribution in [2.24, 2.45) is 0 Å². The summed E-state index contributed by atoms with van der Waals surface area (Å²) in [6.45, 7) is 0.891. The third kappa shape index (κ3) is 2.14. The van der Waals surface area contributed by atoms with Gasteiger partial charge in [0.2, 0.25) is 0 Å². The van der Waals surface area contributed by atoms with Crippen LogP contribution in [0, 0.1) is 0 Å². The SMILES string of the molecule is Clc1ccc2nc(CNC3CC3)sc2c1. The smallest absolute Gasteiger partial charge is 0.108 e. The topological polar surface area (TPSA) is 24.9 Å². The second-order valence-electron chi connectivity index (χ2n) is 3.87. The molecule has 1 aromatic heterocycles. The van der Waals surface area contributed by atoms with E-state index in [-0.39, 0.29) is 0 Å². The molecule has 1 fully saturated rings. The first-order valence-corrected chi connectivity index (χ1v) is 6.29. The van der Waals surface area contributed by atoms with Gasteiger partial charge in [-0.15, -0.1) is 11.3 Å². The van der Waals surface area contributed by atoms with Gasteiger partial charge >= 0.3 is 0 Å². The Balaban J connectivity index is 1.84. The van der Waals surface area contributed by atoms with Gasteiger partial charge in [-0.05, 0) is 31.0 Å². The Kier molecular flexibility index (Phi) is 2.39. The summed E-state index contributed by atoms with van der Waals surface area (Å²) in [5, 5.41) is 5.40. The molecular weight excluding hydrogens is 228 g/mol. The van der Waals surface area contributed by atoms with Crippen molar-refractivity contribution in [3.05, 3.63) is 28.2 Å². The Morgan fingerprint density at radius 3 is 3.13 bits per heavy atom. The van der Waals surface area contributed by atoms with E-state index in [0.717, 1.165) is 28.1 Å². The average molecular weight is 239 g/mol. The Labute approximate surface area is 97.3 Å². The summed E-state index contributed by atoms with van der Waals surface area (Å²) >= 11 is 7.65. The van der Waals surface area contributed by atoms with Gasteiger partial charge in [-0.1, -0.05) is 11.6 Å². The number of nitrogens with zero attached hydrogens (tertiary/aromatic N) is 1. The lowest BCUT2D eigenvalue weighted by Gasteiger charge is -1.96. The van der Waals surface area contributed by atoms with Crippen molar-refractivity contribution >= 4 is 33.2 Å². The van der Waals surface area contributed by atoms with E-state index in [1.54, 1.807) is 11.3 Å². The van der Waals surface area contributed by atoms with Crippen molar-refractivity contribution in [3.63, 3.8) is 0 Å². The van der Waals surface area contributed by atoms with Gasteiger partial charge in [0.05, 0.1) is 10.2 Å². The van der Waals surface area contributed by atoms with Crippen LogP contribution in [-0.4, -0.2) is 11.0 Å². The van der Waals surface area contributed by atoms with Crippen LogP contribution < -0.4 is 5.32 Å². The van der Waals surface area contributed by atoms with Gasteiger partial charge in [0.25, 0.3) is 0 Å². The molecule has 1 aliphatic carbocycles. The van der Waals surface area contributed by atoms with Crippen LogP contribution in [-0.2, 0) is 6.54 Å². The number of thiazole rings is 1. The second-order valence-corrected chi connectivity index (χ2v) is 5.43. The van der Waals surface area contributed by atoms with Crippen molar-refractivity contribution in [3.8, 4) is 0 Å². The first-order chi connectivity index (χ1) is 7.31. The zero-order valence-electron chi connectivity index (χ0n) is 8.16. The van der Waals surface area contributed by atoms with Crippen molar-refractivity contribution in [2.75, 3.05) is 0 Å². The van der Waals surface area contributed by atoms with E-state index in [4.69, 9.17) is 11.6 Å². The van der Waals surface area contributed by atoms with Gasteiger partial charge in [0.1, 0.15) is 5.01 Å². The number of benzene rings is 1. The van der Waals surface area contributed by atoms with Gasteiger partial charge < -0.3 is 5.32 Å². The minimum absolute atomic E-state index is 0.737. The number of fused-ring (bicyclic) bond motifs is 1. The highest BCUT2D eigenvalue weighted by atomic mass is 35.5. The van der Waals surface area contributed by atoms with Crippen LogP contribution in [0.15, 0.2) is 18.2 Å².